The third-order valence-corrected chi connectivity index (χ3v) is 7.86. The largest absolute Gasteiger partial charge is 0.494 e. The van der Waals surface area contributed by atoms with Gasteiger partial charge in [-0.25, -0.2) is 0 Å². The van der Waals surface area contributed by atoms with E-state index in [9.17, 15) is 9.59 Å². The van der Waals surface area contributed by atoms with Crippen LogP contribution in [-0.2, 0) is 21.5 Å². The minimum absolute atomic E-state index is 0.0102. The first-order valence-corrected chi connectivity index (χ1v) is 12.6. The quantitative estimate of drug-likeness (QED) is 0.559. The van der Waals surface area contributed by atoms with E-state index in [0.29, 0.717) is 26.1 Å². The maximum absolute atomic E-state index is 14.5. The molecule has 184 valence electrons. The molecule has 3 aromatic rings. The molecule has 3 aliphatic rings. The van der Waals surface area contributed by atoms with Gasteiger partial charge in [0.15, 0.2) is 0 Å². The molecule has 2 atom stereocenters. The molecule has 6 rings (SSSR count). The van der Waals surface area contributed by atoms with Crippen molar-refractivity contribution in [3.8, 4) is 5.75 Å². The van der Waals surface area contributed by atoms with Gasteiger partial charge in [-0.2, -0.15) is 0 Å². The van der Waals surface area contributed by atoms with Crippen molar-refractivity contribution in [2.24, 2.45) is 0 Å². The van der Waals surface area contributed by atoms with Crippen LogP contribution in [0.25, 0.3) is 0 Å². The highest BCUT2D eigenvalue weighted by Crippen LogP contribution is 2.57. The van der Waals surface area contributed by atoms with E-state index in [4.69, 9.17) is 4.74 Å². The second kappa shape index (κ2) is 9.06. The van der Waals surface area contributed by atoms with Gasteiger partial charge in [0.05, 0.1) is 18.1 Å². The maximum atomic E-state index is 14.5. The fraction of sp³-hybridized carbons (Fsp3) is 0.345. The molecule has 4 bridgehead atoms. The third-order valence-electron chi connectivity index (χ3n) is 7.86. The Morgan fingerprint density at radius 1 is 1.03 bits per heavy atom. The molecule has 2 aromatic carbocycles. The van der Waals surface area contributed by atoms with Crippen LogP contribution < -0.4 is 9.64 Å². The Morgan fingerprint density at radius 3 is 2.72 bits per heavy atom. The fourth-order valence-corrected chi connectivity index (χ4v) is 6.15. The number of benzene rings is 2. The number of fused-ring (bicyclic) bond motifs is 6. The van der Waals surface area contributed by atoms with E-state index >= 15 is 0 Å². The van der Waals surface area contributed by atoms with Gasteiger partial charge in [-0.1, -0.05) is 30.3 Å². The second-order valence-corrected chi connectivity index (χ2v) is 9.95. The molecule has 4 heterocycles. The summed E-state index contributed by atoms with van der Waals surface area (Å²) in [5, 5.41) is 0. The molecule has 36 heavy (non-hydrogen) atoms. The molecule has 3 aliphatic heterocycles. The summed E-state index contributed by atoms with van der Waals surface area (Å²) >= 11 is 0. The summed E-state index contributed by atoms with van der Waals surface area (Å²) in [7, 11) is 1.80. The first kappa shape index (κ1) is 22.7. The van der Waals surface area contributed by atoms with E-state index < -0.39 is 5.41 Å². The summed E-state index contributed by atoms with van der Waals surface area (Å²) in [6, 6.07) is 20.1. The zero-order valence-corrected chi connectivity index (χ0v) is 20.5. The lowest BCUT2D eigenvalue weighted by Crippen LogP contribution is -2.47. The smallest absolute Gasteiger partial charge is 0.242 e. The first-order valence-electron chi connectivity index (χ1n) is 12.6. The third kappa shape index (κ3) is 3.66. The average molecular weight is 483 g/mol. The Bertz CT molecular complexity index is 1300. The number of hydrogen-bond acceptors (Lipinski definition) is 5. The average Bonchev–Trinajstić information content (AvgIpc) is 3.39. The van der Waals surface area contributed by atoms with Crippen LogP contribution >= 0.6 is 0 Å². The highest BCUT2D eigenvalue weighted by atomic mass is 16.5. The molecule has 1 aromatic heterocycles. The number of hydrogen-bond donors (Lipinski definition) is 0. The molecular weight excluding hydrogens is 452 g/mol. The number of para-hydroxylation sites is 1. The zero-order valence-electron chi connectivity index (χ0n) is 20.5. The minimum atomic E-state index is -0.773. The molecule has 0 aliphatic carbocycles. The summed E-state index contributed by atoms with van der Waals surface area (Å²) in [6.45, 7) is 2.62. The second-order valence-electron chi connectivity index (χ2n) is 9.95. The van der Waals surface area contributed by atoms with Crippen molar-refractivity contribution >= 4 is 17.5 Å². The van der Waals surface area contributed by atoms with Gasteiger partial charge in [-0.3, -0.25) is 19.5 Å². The van der Waals surface area contributed by atoms with Crippen molar-refractivity contribution in [2.45, 2.75) is 30.8 Å². The molecule has 7 heteroatoms. The number of pyridine rings is 1. The highest BCUT2D eigenvalue weighted by Gasteiger charge is 2.60. The number of likely N-dealkylation sites (tertiary alicyclic amines) is 1. The van der Waals surface area contributed by atoms with Crippen LogP contribution in [-0.4, -0.2) is 59.9 Å². The van der Waals surface area contributed by atoms with Crippen molar-refractivity contribution in [1.29, 1.82) is 0 Å². The molecule has 0 unspecified atom stereocenters. The van der Waals surface area contributed by atoms with E-state index in [-0.39, 0.29) is 24.4 Å². The molecular formula is C29H30N4O3. The number of aromatic nitrogens is 1. The first-order chi connectivity index (χ1) is 17.6. The number of rotatable bonds is 2. The SMILES string of the molecule is CN1CCCOc2cccc(c2)[C@@H]2N(Cc3ccncc3)CC[C@]23C(=O)N(CC1=O)c1ccccc13. The van der Waals surface area contributed by atoms with Crippen LogP contribution in [0.4, 0.5) is 5.69 Å². The van der Waals surface area contributed by atoms with Gasteiger partial charge in [-0.05, 0) is 59.9 Å². The van der Waals surface area contributed by atoms with E-state index in [2.05, 4.69) is 28.1 Å². The Kier molecular flexibility index (Phi) is 5.72. The van der Waals surface area contributed by atoms with Gasteiger partial charge >= 0.3 is 0 Å². The summed E-state index contributed by atoms with van der Waals surface area (Å²) < 4.78 is 6.09. The molecule has 0 radical (unpaired) electrons. The lowest BCUT2D eigenvalue weighted by atomic mass is 9.72. The molecule has 1 spiro atoms. The Balaban J connectivity index is 1.52. The minimum Gasteiger partial charge on any atom is -0.494 e. The van der Waals surface area contributed by atoms with Crippen LogP contribution in [0.2, 0.25) is 0 Å². The van der Waals surface area contributed by atoms with Crippen LogP contribution in [0, 0.1) is 0 Å². The number of nitrogens with zero attached hydrogens (tertiary/aromatic N) is 4. The molecule has 0 N–H and O–H groups in total. The van der Waals surface area contributed by atoms with E-state index in [1.165, 1.54) is 0 Å². The van der Waals surface area contributed by atoms with E-state index in [0.717, 1.165) is 41.1 Å². The van der Waals surface area contributed by atoms with Crippen molar-refractivity contribution < 1.29 is 14.3 Å². The predicted octanol–water partition coefficient (Wildman–Crippen LogP) is 3.55. The van der Waals surface area contributed by atoms with Gasteiger partial charge < -0.3 is 14.5 Å². The fourth-order valence-electron chi connectivity index (χ4n) is 6.15. The molecule has 7 nitrogen and oxygen atoms in total. The van der Waals surface area contributed by atoms with Crippen molar-refractivity contribution in [3.05, 3.63) is 89.7 Å². The number of anilines is 1. The number of carbonyl (C=O) groups is 2. The molecule has 1 saturated heterocycles. The Labute approximate surface area is 211 Å². The van der Waals surface area contributed by atoms with E-state index in [1.807, 2.05) is 54.9 Å². The van der Waals surface area contributed by atoms with Gasteiger partial charge in [0.2, 0.25) is 11.8 Å². The van der Waals surface area contributed by atoms with Crippen LogP contribution in [0.5, 0.6) is 5.75 Å². The van der Waals surface area contributed by atoms with E-state index in [1.54, 1.807) is 16.8 Å². The summed E-state index contributed by atoms with van der Waals surface area (Å²) in [6.07, 6.45) is 5.02. The summed E-state index contributed by atoms with van der Waals surface area (Å²) in [5.41, 5.74) is 3.30. The van der Waals surface area contributed by atoms with Gasteiger partial charge in [0, 0.05) is 44.8 Å². The highest BCUT2D eigenvalue weighted by molar-refractivity contribution is 6.11. The molecule has 2 amide bonds. The lowest BCUT2D eigenvalue weighted by Gasteiger charge is -2.35. The topological polar surface area (TPSA) is 66.0 Å². The summed E-state index contributed by atoms with van der Waals surface area (Å²) in [5.74, 6) is 0.741. The Morgan fingerprint density at radius 2 is 1.86 bits per heavy atom. The van der Waals surface area contributed by atoms with Crippen LogP contribution in [0.3, 0.4) is 0 Å². The van der Waals surface area contributed by atoms with Crippen molar-refractivity contribution in [1.82, 2.24) is 14.8 Å². The zero-order chi connectivity index (χ0) is 24.7. The number of amides is 2. The van der Waals surface area contributed by atoms with Crippen LogP contribution in [0.1, 0.15) is 35.6 Å². The monoisotopic (exact) mass is 482 g/mol. The summed E-state index contributed by atoms with van der Waals surface area (Å²) in [4.78, 5) is 37.6. The normalized spacial score (nSPS) is 24.2. The standard InChI is InChI=1S/C29H30N4O3/c1-31-15-5-17-36-23-7-4-6-22(18-23)27-29(12-16-32(27)19-21-10-13-30-14-11-21)24-8-2-3-9-25(24)33(28(29)35)20-26(31)34/h2-4,6-11,13-14,18,27H,5,12,15-17,19-20H2,1H3/t27-,29+/m0/s1. The number of likely N-dealkylation sites (N-methyl/N-ethyl adjacent to an activating group) is 1. The lowest BCUT2D eigenvalue weighted by molar-refractivity contribution is -0.131. The molecule has 0 saturated carbocycles. The number of carbonyl (C=O) groups excluding carboxylic acids is 2. The maximum Gasteiger partial charge on any atom is 0.242 e. The van der Waals surface area contributed by atoms with Crippen molar-refractivity contribution in [2.75, 3.05) is 38.2 Å². The number of ether oxygens (including phenoxy) is 1. The van der Waals surface area contributed by atoms with Crippen molar-refractivity contribution in [3.63, 3.8) is 0 Å². The Hall–Kier alpha value is -3.71. The van der Waals surface area contributed by atoms with Gasteiger partial charge in [0.1, 0.15) is 12.3 Å². The molecule has 1 fully saturated rings. The van der Waals surface area contributed by atoms with Gasteiger partial charge in [-0.15, -0.1) is 0 Å². The van der Waals surface area contributed by atoms with Gasteiger partial charge in [0.25, 0.3) is 0 Å². The predicted molar refractivity (Wildman–Crippen MR) is 137 cm³/mol. The van der Waals surface area contributed by atoms with Crippen LogP contribution in [0.15, 0.2) is 73.1 Å².